The fourth-order valence-corrected chi connectivity index (χ4v) is 2.09. The van der Waals surface area contributed by atoms with Crippen molar-refractivity contribution in [2.45, 2.75) is 46.0 Å². The smallest absolute Gasteiger partial charge is 0.139 e. The van der Waals surface area contributed by atoms with Gasteiger partial charge in [0.2, 0.25) is 0 Å². The highest BCUT2D eigenvalue weighted by Crippen LogP contribution is 2.37. The van der Waals surface area contributed by atoms with Gasteiger partial charge in [-0.3, -0.25) is 4.79 Å². The Kier molecular flexibility index (Phi) is 2.71. The van der Waals surface area contributed by atoms with E-state index in [-0.39, 0.29) is 5.41 Å². The second-order valence-electron chi connectivity index (χ2n) is 4.32. The van der Waals surface area contributed by atoms with Crippen molar-refractivity contribution in [2.75, 3.05) is 0 Å². The first-order valence-electron chi connectivity index (χ1n) is 4.72. The van der Waals surface area contributed by atoms with E-state index >= 15 is 0 Å². The van der Waals surface area contributed by atoms with Crippen molar-refractivity contribution in [1.82, 2.24) is 0 Å². The predicted molar refractivity (Wildman–Crippen MR) is 51.0 cm³/mol. The molecule has 12 heavy (non-hydrogen) atoms. The zero-order valence-electron chi connectivity index (χ0n) is 8.15. The molecule has 0 aromatic heterocycles. The van der Waals surface area contributed by atoms with Gasteiger partial charge in [-0.25, -0.2) is 0 Å². The van der Waals surface area contributed by atoms with Crippen molar-refractivity contribution in [1.29, 1.82) is 0 Å². The van der Waals surface area contributed by atoms with Crippen LogP contribution in [0.1, 0.15) is 46.0 Å². The van der Waals surface area contributed by atoms with Gasteiger partial charge in [0, 0.05) is 11.8 Å². The van der Waals surface area contributed by atoms with Crippen molar-refractivity contribution in [2.24, 2.45) is 5.41 Å². The van der Waals surface area contributed by atoms with E-state index in [9.17, 15) is 4.79 Å². The second kappa shape index (κ2) is 3.42. The van der Waals surface area contributed by atoms with Crippen LogP contribution in [0.5, 0.6) is 0 Å². The topological polar surface area (TPSA) is 17.1 Å². The Morgan fingerprint density at radius 3 is 2.75 bits per heavy atom. The summed E-state index contributed by atoms with van der Waals surface area (Å²) in [4.78, 5) is 11.6. The first-order valence-corrected chi connectivity index (χ1v) is 4.72. The highest BCUT2D eigenvalue weighted by Gasteiger charge is 2.34. The maximum absolute atomic E-state index is 11.6. The summed E-state index contributed by atoms with van der Waals surface area (Å²) in [6, 6.07) is 0. The van der Waals surface area contributed by atoms with Gasteiger partial charge < -0.3 is 0 Å². The largest absolute Gasteiger partial charge is 0.299 e. The summed E-state index contributed by atoms with van der Waals surface area (Å²) < 4.78 is 0. The van der Waals surface area contributed by atoms with Crippen LogP contribution in [0.3, 0.4) is 0 Å². The van der Waals surface area contributed by atoms with Crippen molar-refractivity contribution in [3.05, 3.63) is 12.2 Å². The van der Waals surface area contributed by atoms with E-state index in [1.54, 1.807) is 0 Å². The fourth-order valence-electron chi connectivity index (χ4n) is 2.09. The van der Waals surface area contributed by atoms with Crippen LogP contribution in [0.25, 0.3) is 0 Å². The summed E-state index contributed by atoms with van der Waals surface area (Å²) >= 11 is 0. The quantitative estimate of drug-likeness (QED) is 0.576. The van der Waals surface area contributed by atoms with Crippen molar-refractivity contribution in [3.8, 4) is 0 Å². The van der Waals surface area contributed by atoms with Gasteiger partial charge in [-0.15, -0.1) is 6.58 Å². The van der Waals surface area contributed by atoms with Gasteiger partial charge in [0.15, 0.2) is 0 Å². The van der Waals surface area contributed by atoms with Crippen molar-refractivity contribution >= 4 is 5.78 Å². The molecule has 1 fully saturated rings. The monoisotopic (exact) mass is 166 g/mol. The van der Waals surface area contributed by atoms with Crippen LogP contribution in [0.4, 0.5) is 0 Å². The van der Waals surface area contributed by atoms with Crippen LogP contribution in [-0.2, 0) is 4.79 Å². The second-order valence-corrected chi connectivity index (χ2v) is 4.32. The molecule has 0 N–H and O–H groups in total. The minimum Gasteiger partial charge on any atom is -0.299 e. The molecule has 0 spiro atoms. The molecule has 1 saturated carbocycles. The van der Waals surface area contributed by atoms with Crippen molar-refractivity contribution < 1.29 is 4.79 Å². The fraction of sp³-hybridized carbons (Fsp3) is 0.727. The molecule has 0 amide bonds. The van der Waals surface area contributed by atoms with Gasteiger partial charge in [0.1, 0.15) is 5.78 Å². The first-order chi connectivity index (χ1) is 5.54. The number of hydrogen-bond acceptors (Lipinski definition) is 1. The van der Waals surface area contributed by atoms with Gasteiger partial charge in [0.25, 0.3) is 0 Å². The maximum atomic E-state index is 11.6. The first kappa shape index (κ1) is 9.50. The van der Waals surface area contributed by atoms with Gasteiger partial charge in [-0.1, -0.05) is 18.9 Å². The lowest BCUT2D eigenvalue weighted by Crippen LogP contribution is -2.31. The normalized spacial score (nSPS) is 30.3. The molecular formula is C11H18O. The molecule has 1 atom stereocenters. The number of hydrogen-bond donors (Lipinski definition) is 0. The van der Waals surface area contributed by atoms with E-state index in [1.807, 2.05) is 6.92 Å². The third-order valence-electron chi connectivity index (χ3n) is 2.75. The summed E-state index contributed by atoms with van der Waals surface area (Å²) in [5.41, 5.74) is 1.05. The number of ketones is 1. The lowest BCUT2D eigenvalue weighted by Gasteiger charge is -2.32. The molecule has 1 heteroatoms. The number of allylic oxidation sites excluding steroid dienone is 1. The van der Waals surface area contributed by atoms with Crippen LogP contribution in [-0.4, -0.2) is 5.78 Å². The van der Waals surface area contributed by atoms with Crippen LogP contribution in [0.2, 0.25) is 0 Å². The number of Topliss-reactive ketones (excluding diaryl/α,β-unsaturated/α-hetero) is 1. The molecule has 1 aliphatic rings. The zero-order valence-corrected chi connectivity index (χ0v) is 8.15. The third kappa shape index (κ3) is 1.96. The molecular weight excluding hydrogens is 148 g/mol. The lowest BCUT2D eigenvalue weighted by molar-refractivity contribution is -0.130. The summed E-state index contributed by atoms with van der Waals surface area (Å²) in [6.07, 6.45) is 5.01. The summed E-state index contributed by atoms with van der Waals surface area (Å²) in [6.45, 7) is 7.97. The maximum Gasteiger partial charge on any atom is 0.139 e. The minimum absolute atomic E-state index is 0.0793. The Morgan fingerprint density at radius 1 is 1.58 bits per heavy atom. The lowest BCUT2D eigenvalue weighted by atomic mass is 9.71. The van der Waals surface area contributed by atoms with E-state index < -0.39 is 0 Å². The molecule has 0 aromatic rings. The molecule has 1 nitrogen and oxygen atoms in total. The number of rotatable bonds is 2. The molecule has 1 aliphatic carbocycles. The van der Waals surface area contributed by atoms with E-state index in [1.165, 1.54) is 6.42 Å². The average molecular weight is 166 g/mol. The van der Waals surface area contributed by atoms with E-state index in [2.05, 4.69) is 13.5 Å². The molecule has 0 aromatic carbocycles. The molecule has 1 rings (SSSR count). The zero-order chi connectivity index (χ0) is 9.19. The van der Waals surface area contributed by atoms with Crippen molar-refractivity contribution in [3.63, 3.8) is 0 Å². The molecule has 0 saturated heterocycles. The number of carbonyl (C=O) groups excluding carboxylic acids is 1. The average Bonchev–Trinajstić information content (AvgIpc) is 1.94. The van der Waals surface area contributed by atoms with Gasteiger partial charge in [-0.05, 0) is 26.2 Å². The molecule has 68 valence electrons. The summed E-state index contributed by atoms with van der Waals surface area (Å²) in [5, 5.41) is 0. The predicted octanol–water partition coefficient (Wildman–Crippen LogP) is 3.10. The Balaban J connectivity index is 2.66. The molecule has 0 aliphatic heterocycles. The van der Waals surface area contributed by atoms with E-state index in [4.69, 9.17) is 0 Å². The van der Waals surface area contributed by atoms with Gasteiger partial charge in [0.05, 0.1) is 0 Å². The van der Waals surface area contributed by atoms with Crippen LogP contribution >= 0.6 is 0 Å². The molecule has 0 bridgehead atoms. The van der Waals surface area contributed by atoms with Crippen LogP contribution in [0, 0.1) is 5.41 Å². The minimum atomic E-state index is -0.0793. The van der Waals surface area contributed by atoms with E-state index in [0.717, 1.165) is 31.3 Å². The standard InChI is InChI=1S/C11H18O/c1-9(2)8-11(3)7-5-4-6-10(11)12/h1,4-8H2,2-3H3. The Bertz CT molecular complexity index is 205. The molecule has 0 radical (unpaired) electrons. The SMILES string of the molecule is C=C(C)CC1(C)CCCCC1=O. The molecule has 0 heterocycles. The summed E-state index contributed by atoms with van der Waals surface area (Å²) in [5.74, 6) is 0.441. The highest BCUT2D eigenvalue weighted by molar-refractivity contribution is 5.85. The van der Waals surface area contributed by atoms with Gasteiger partial charge in [-0.2, -0.15) is 0 Å². The van der Waals surface area contributed by atoms with E-state index in [0.29, 0.717) is 5.78 Å². The van der Waals surface area contributed by atoms with Crippen LogP contribution < -0.4 is 0 Å². The summed E-state index contributed by atoms with van der Waals surface area (Å²) in [7, 11) is 0. The highest BCUT2D eigenvalue weighted by atomic mass is 16.1. The Hall–Kier alpha value is -0.590. The van der Waals surface area contributed by atoms with Crippen LogP contribution in [0.15, 0.2) is 12.2 Å². The Labute approximate surface area is 74.9 Å². The third-order valence-corrected chi connectivity index (χ3v) is 2.75. The number of carbonyl (C=O) groups is 1. The Morgan fingerprint density at radius 2 is 2.25 bits per heavy atom. The molecule has 1 unspecified atom stereocenters. The van der Waals surface area contributed by atoms with Gasteiger partial charge >= 0.3 is 0 Å².